The normalized spacial score (nSPS) is 10.1. The summed E-state index contributed by atoms with van der Waals surface area (Å²) < 4.78 is 0. The number of aromatic nitrogens is 1. The Morgan fingerprint density at radius 3 is 2.67 bits per heavy atom. The second kappa shape index (κ2) is 6.45. The second-order valence-electron chi connectivity index (χ2n) is 4.71. The highest BCUT2D eigenvalue weighted by molar-refractivity contribution is 6.30. The molecule has 0 bridgehead atoms. The molecule has 0 radical (unpaired) electrons. The average Bonchev–Trinajstić information content (AvgIpc) is 2.46. The Morgan fingerprint density at radius 1 is 1.24 bits per heavy atom. The lowest BCUT2D eigenvalue weighted by Crippen LogP contribution is -2.14. The molecule has 0 aliphatic carbocycles. The Bertz CT molecular complexity index is 658. The maximum atomic E-state index is 12.3. The van der Waals surface area contributed by atoms with Crippen LogP contribution in [0.3, 0.4) is 0 Å². The number of carbonyl (C=O) groups is 1. The molecular weight excluding hydrogens is 288 g/mol. The van der Waals surface area contributed by atoms with Crippen LogP contribution in [0.2, 0.25) is 5.15 Å². The average molecular weight is 305 g/mol. The topological polar surface area (TPSA) is 57.3 Å². The zero-order valence-electron chi connectivity index (χ0n) is 12.1. The third-order valence-corrected chi connectivity index (χ3v) is 3.13. The molecule has 0 fully saturated rings. The van der Waals surface area contributed by atoms with Crippen molar-refractivity contribution in [2.75, 3.05) is 36.7 Å². The van der Waals surface area contributed by atoms with E-state index in [-0.39, 0.29) is 11.1 Å². The third kappa shape index (κ3) is 3.86. The van der Waals surface area contributed by atoms with Gasteiger partial charge in [0.05, 0.1) is 0 Å². The lowest BCUT2D eigenvalue weighted by atomic mass is 10.2. The minimum atomic E-state index is -0.230. The number of nitrogens with one attached hydrogen (secondary N) is 2. The Balaban J connectivity index is 2.21. The van der Waals surface area contributed by atoms with Crippen LogP contribution in [0.25, 0.3) is 0 Å². The summed E-state index contributed by atoms with van der Waals surface area (Å²) in [6.07, 6.45) is 0. The molecule has 2 N–H and O–H groups in total. The lowest BCUT2D eigenvalue weighted by molar-refractivity contribution is 0.102. The van der Waals surface area contributed by atoms with Crippen LogP contribution in [0.4, 0.5) is 17.2 Å². The molecule has 0 spiro atoms. The first kappa shape index (κ1) is 15.1. The predicted molar refractivity (Wildman–Crippen MR) is 87.5 cm³/mol. The first-order chi connectivity index (χ1) is 9.99. The van der Waals surface area contributed by atoms with Gasteiger partial charge in [-0.1, -0.05) is 17.7 Å². The zero-order valence-corrected chi connectivity index (χ0v) is 12.9. The summed E-state index contributed by atoms with van der Waals surface area (Å²) >= 11 is 5.90. The van der Waals surface area contributed by atoms with Gasteiger partial charge in [-0.15, -0.1) is 0 Å². The van der Waals surface area contributed by atoms with E-state index in [4.69, 9.17) is 11.6 Å². The smallest absolute Gasteiger partial charge is 0.255 e. The number of rotatable bonds is 4. The van der Waals surface area contributed by atoms with E-state index >= 15 is 0 Å². The molecule has 1 aromatic carbocycles. The summed E-state index contributed by atoms with van der Waals surface area (Å²) in [5.74, 6) is 0.321. The van der Waals surface area contributed by atoms with Gasteiger partial charge in [0.2, 0.25) is 0 Å². The van der Waals surface area contributed by atoms with Crippen LogP contribution in [-0.2, 0) is 0 Å². The number of amides is 1. The van der Waals surface area contributed by atoms with Gasteiger partial charge in [0.15, 0.2) is 0 Å². The van der Waals surface area contributed by atoms with Gasteiger partial charge in [-0.25, -0.2) is 4.98 Å². The van der Waals surface area contributed by atoms with Gasteiger partial charge in [-0.05, 0) is 30.3 Å². The standard InChI is InChI=1S/C15H17ClN4O/c1-17-14-8-10(7-13(16)19-14)15(21)18-11-5-4-6-12(9-11)20(2)3/h4-9H,1-3H3,(H,17,19)(H,18,21). The fourth-order valence-corrected chi connectivity index (χ4v) is 2.03. The molecule has 21 heavy (non-hydrogen) atoms. The molecule has 0 aliphatic heterocycles. The number of nitrogens with zero attached hydrogens (tertiary/aromatic N) is 2. The number of carbonyl (C=O) groups excluding carboxylic acids is 1. The van der Waals surface area contributed by atoms with Gasteiger partial charge in [-0.2, -0.15) is 0 Å². The van der Waals surface area contributed by atoms with Gasteiger partial charge >= 0.3 is 0 Å². The Labute approximate surface area is 128 Å². The Kier molecular flexibility index (Phi) is 4.65. The molecule has 2 rings (SSSR count). The quantitative estimate of drug-likeness (QED) is 0.852. The van der Waals surface area contributed by atoms with Crippen LogP contribution in [-0.4, -0.2) is 32.0 Å². The van der Waals surface area contributed by atoms with Crippen molar-refractivity contribution >= 4 is 34.7 Å². The molecule has 0 atom stereocenters. The van der Waals surface area contributed by atoms with Crippen LogP contribution in [0, 0.1) is 0 Å². The molecule has 0 unspecified atom stereocenters. The van der Waals surface area contributed by atoms with E-state index < -0.39 is 0 Å². The fourth-order valence-electron chi connectivity index (χ4n) is 1.82. The molecule has 6 heteroatoms. The van der Waals surface area contributed by atoms with E-state index in [0.29, 0.717) is 11.4 Å². The molecule has 2 aromatic rings. The molecular formula is C15H17ClN4O. The summed E-state index contributed by atoms with van der Waals surface area (Å²) in [5.41, 5.74) is 2.19. The van der Waals surface area contributed by atoms with E-state index in [2.05, 4.69) is 15.6 Å². The van der Waals surface area contributed by atoms with Crippen molar-refractivity contribution in [3.63, 3.8) is 0 Å². The third-order valence-electron chi connectivity index (χ3n) is 2.93. The monoisotopic (exact) mass is 304 g/mol. The maximum Gasteiger partial charge on any atom is 0.255 e. The maximum absolute atomic E-state index is 12.3. The summed E-state index contributed by atoms with van der Waals surface area (Å²) in [5, 5.41) is 5.99. The van der Waals surface area contributed by atoms with Crippen molar-refractivity contribution in [1.29, 1.82) is 0 Å². The first-order valence-electron chi connectivity index (χ1n) is 6.43. The Morgan fingerprint density at radius 2 is 2.00 bits per heavy atom. The van der Waals surface area contributed by atoms with Crippen molar-refractivity contribution in [3.8, 4) is 0 Å². The van der Waals surface area contributed by atoms with Gasteiger partial charge in [-0.3, -0.25) is 4.79 Å². The minimum Gasteiger partial charge on any atom is -0.378 e. The van der Waals surface area contributed by atoms with Crippen LogP contribution < -0.4 is 15.5 Å². The van der Waals surface area contributed by atoms with Gasteiger partial charge < -0.3 is 15.5 Å². The van der Waals surface area contributed by atoms with Crippen molar-refractivity contribution in [3.05, 3.63) is 47.1 Å². The van der Waals surface area contributed by atoms with Gasteiger partial charge in [0.25, 0.3) is 5.91 Å². The van der Waals surface area contributed by atoms with Crippen LogP contribution in [0.1, 0.15) is 10.4 Å². The predicted octanol–water partition coefficient (Wildman–Crippen LogP) is 3.10. The molecule has 0 saturated carbocycles. The van der Waals surface area contributed by atoms with E-state index in [0.717, 1.165) is 11.4 Å². The molecule has 110 valence electrons. The van der Waals surface area contributed by atoms with E-state index in [1.807, 2.05) is 43.3 Å². The van der Waals surface area contributed by atoms with E-state index in [1.165, 1.54) is 6.07 Å². The summed E-state index contributed by atoms with van der Waals surface area (Å²) in [6, 6.07) is 10.8. The largest absolute Gasteiger partial charge is 0.378 e. The van der Waals surface area contributed by atoms with Crippen molar-refractivity contribution in [1.82, 2.24) is 4.98 Å². The lowest BCUT2D eigenvalue weighted by Gasteiger charge is -2.14. The minimum absolute atomic E-state index is 0.230. The number of hydrogen-bond acceptors (Lipinski definition) is 4. The molecule has 1 heterocycles. The number of benzene rings is 1. The molecule has 1 amide bonds. The molecule has 1 aromatic heterocycles. The van der Waals surface area contributed by atoms with Crippen molar-refractivity contribution in [2.45, 2.75) is 0 Å². The summed E-state index contributed by atoms with van der Waals surface area (Å²) in [7, 11) is 5.62. The fraction of sp³-hybridized carbons (Fsp3) is 0.200. The molecule has 5 nitrogen and oxygen atoms in total. The van der Waals surface area contributed by atoms with E-state index in [1.54, 1.807) is 13.1 Å². The number of pyridine rings is 1. The van der Waals surface area contributed by atoms with Gasteiger partial charge in [0, 0.05) is 38.1 Å². The van der Waals surface area contributed by atoms with Crippen LogP contribution in [0.15, 0.2) is 36.4 Å². The summed E-state index contributed by atoms with van der Waals surface area (Å²) in [4.78, 5) is 18.3. The van der Waals surface area contributed by atoms with Crippen LogP contribution in [0.5, 0.6) is 0 Å². The van der Waals surface area contributed by atoms with Gasteiger partial charge in [0.1, 0.15) is 11.0 Å². The second-order valence-corrected chi connectivity index (χ2v) is 5.10. The summed E-state index contributed by atoms with van der Waals surface area (Å²) in [6.45, 7) is 0. The molecule has 0 saturated heterocycles. The Hall–Kier alpha value is -2.27. The van der Waals surface area contributed by atoms with Crippen LogP contribution >= 0.6 is 11.6 Å². The SMILES string of the molecule is CNc1cc(C(=O)Nc2cccc(N(C)C)c2)cc(Cl)n1. The number of anilines is 3. The molecule has 0 aliphatic rings. The van der Waals surface area contributed by atoms with Crippen molar-refractivity contribution < 1.29 is 4.79 Å². The number of hydrogen-bond donors (Lipinski definition) is 2. The highest BCUT2D eigenvalue weighted by atomic mass is 35.5. The zero-order chi connectivity index (χ0) is 15.4. The number of halogens is 1. The van der Waals surface area contributed by atoms with E-state index in [9.17, 15) is 4.79 Å². The first-order valence-corrected chi connectivity index (χ1v) is 6.81. The highest BCUT2D eigenvalue weighted by Crippen LogP contribution is 2.19. The van der Waals surface area contributed by atoms with Crippen molar-refractivity contribution in [2.24, 2.45) is 0 Å². The highest BCUT2D eigenvalue weighted by Gasteiger charge is 2.10.